The maximum absolute atomic E-state index is 15.8. The van der Waals surface area contributed by atoms with Crippen molar-refractivity contribution in [2.45, 2.75) is 27.7 Å². The first kappa shape index (κ1) is 33.2. The molecule has 0 bridgehead atoms. The van der Waals surface area contributed by atoms with E-state index in [2.05, 4.69) is 0 Å². The number of benzene rings is 4. The van der Waals surface area contributed by atoms with E-state index in [1.807, 2.05) is 0 Å². The normalized spacial score (nSPS) is 11.6. The summed E-state index contributed by atoms with van der Waals surface area (Å²) in [5, 5.41) is 0. The Morgan fingerprint density at radius 2 is 0.500 bits per heavy atom. The third-order valence-electron chi connectivity index (χ3n) is 7.24. The summed E-state index contributed by atoms with van der Waals surface area (Å²) < 4.78 is 186. The summed E-state index contributed by atoms with van der Waals surface area (Å²) in [7, 11) is 0. The fourth-order valence-electron chi connectivity index (χ4n) is 5.36. The van der Waals surface area contributed by atoms with E-state index >= 15 is 35.1 Å². The van der Waals surface area contributed by atoms with E-state index in [1.54, 1.807) is 0 Å². The molecule has 216 valence electrons. The minimum Gasteiger partial charge on any atom is -0.210 e. The minimum absolute atomic E-state index is 0. The second kappa shape index (κ2) is 11.4. The van der Waals surface area contributed by atoms with Gasteiger partial charge in [0.2, 0.25) is 0 Å². The summed E-state index contributed by atoms with van der Waals surface area (Å²) >= 11 is 0. The molecule has 42 heavy (non-hydrogen) atoms. The van der Waals surface area contributed by atoms with Crippen LogP contribution in [0.3, 0.4) is 0 Å². The molecule has 0 saturated carbocycles. The Kier molecular flexibility index (Phi) is 9.03. The molecule has 0 saturated heterocycles. The first-order chi connectivity index (χ1) is 19.0. The third kappa shape index (κ3) is 4.61. The van der Waals surface area contributed by atoms with E-state index < -0.39 is 120 Å². The van der Waals surface area contributed by atoms with Gasteiger partial charge in [-0.3, -0.25) is 0 Å². The van der Waals surface area contributed by atoms with Gasteiger partial charge in [0, 0.05) is 0 Å². The molecule has 0 heterocycles. The van der Waals surface area contributed by atoms with Gasteiger partial charge in [-0.15, -0.1) is 21.9 Å². The van der Waals surface area contributed by atoms with Crippen LogP contribution in [0.25, 0.3) is 0 Å². The van der Waals surface area contributed by atoms with Gasteiger partial charge in [-0.1, -0.05) is 0 Å². The molecule has 14 heteroatoms. The molecule has 4 aromatic carbocycles. The maximum Gasteiger partial charge on any atom is 1.00 e. The second-order valence-corrected chi connectivity index (χ2v) is 9.73. The van der Waals surface area contributed by atoms with Crippen LogP contribution in [0, 0.1) is 97.5 Å². The fourth-order valence-corrected chi connectivity index (χ4v) is 5.36. The number of hydrogen-bond donors (Lipinski definition) is 0. The van der Waals surface area contributed by atoms with Gasteiger partial charge in [0.15, 0.2) is 23.3 Å². The Morgan fingerprint density at radius 3 is 0.667 bits per heavy atom. The zero-order valence-electron chi connectivity index (χ0n) is 22.4. The third-order valence-corrected chi connectivity index (χ3v) is 7.24. The Morgan fingerprint density at radius 1 is 0.333 bits per heavy atom. The van der Waals surface area contributed by atoms with Crippen molar-refractivity contribution < 1.29 is 71.5 Å². The molecular formula is C28H16BF12Li. The van der Waals surface area contributed by atoms with Crippen LogP contribution in [-0.2, 0) is 0 Å². The SMILES string of the molecule is Cc1cc(F)c([B-](c2c(F)cc(C)c(F)c2F)(c2c(F)cc(C)c(F)c2F)c2c(F)cc(C)c(F)c2F)c(F)c1F.[Li+]. The van der Waals surface area contributed by atoms with Crippen LogP contribution < -0.4 is 40.7 Å². The standard InChI is InChI=1S/C28H16BF12.Li/c1-9-5-13(30)17(25(38)21(9)34)29(18-14(31)6-10(2)22(35)26(18)39,19-15(32)7-11(3)23(36)27(19)40)20-16(33)8-12(4)24(37)28(20)41;/h5-8H,1-4H3;/q-1;+1. The second-order valence-electron chi connectivity index (χ2n) is 9.73. The van der Waals surface area contributed by atoms with Crippen LogP contribution in [-0.4, -0.2) is 6.15 Å². The number of rotatable bonds is 4. The van der Waals surface area contributed by atoms with Gasteiger partial charge >= 0.3 is 18.9 Å². The van der Waals surface area contributed by atoms with Gasteiger partial charge in [-0.2, -0.15) is 0 Å². The average Bonchev–Trinajstić information content (AvgIpc) is 2.87. The molecule has 0 N–H and O–H groups in total. The van der Waals surface area contributed by atoms with E-state index in [4.69, 9.17) is 0 Å². The van der Waals surface area contributed by atoms with Crippen LogP contribution >= 0.6 is 0 Å². The Labute approximate surface area is 243 Å². The molecular weight excluding hydrogens is 582 g/mol. The summed E-state index contributed by atoms with van der Waals surface area (Å²) in [5.41, 5.74) is -11.8. The fraction of sp³-hybridized carbons (Fsp3) is 0.143. The van der Waals surface area contributed by atoms with Crippen molar-refractivity contribution in [1.29, 1.82) is 0 Å². The van der Waals surface area contributed by atoms with Crippen molar-refractivity contribution in [2.75, 3.05) is 0 Å². The molecule has 0 aliphatic heterocycles. The summed E-state index contributed by atoms with van der Waals surface area (Å²) in [4.78, 5) is 0. The summed E-state index contributed by atoms with van der Waals surface area (Å²) in [5.74, 6) is -26.3. The molecule has 0 spiro atoms. The molecule has 0 amide bonds. The monoisotopic (exact) mass is 598 g/mol. The van der Waals surface area contributed by atoms with E-state index in [0.717, 1.165) is 27.7 Å². The van der Waals surface area contributed by atoms with Gasteiger partial charge < -0.3 is 0 Å². The molecule has 0 radical (unpaired) electrons. The van der Waals surface area contributed by atoms with Crippen molar-refractivity contribution in [3.63, 3.8) is 0 Å². The molecule has 4 rings (SSSR count). The molecule has 0 atom stereocenters. The van der Waals surface area contributed by atoms with Gasteiger partial charge in [0.1, 0.15) is 29.4 Å². The quantitative estimate of drug-likeness (QED) is 0.193. The summed E-state index contributed by atoms with van der Waals surface area (Å²) in [6.07, 6.45) is -5.51. The van der Waals surface area contributed by atoms with Gasteiger partial charge in [0.25, 0.3) is 0 Å². The first-order valence-corrected chi connectivity index (χ1v) is 11.7. The Hall–Kier alpha value is -3.30. The summed E-state index contributed by atoms with van der Waals surface area (Å²) in [6.45, 7) is 3.19. The molecule has 0 aliphatic carbocycles. The van der Waals surface area contributed by atoms with Crippen LogP contribution in [0.1, 0.15) is 22.3 Å². The molecule has 0 nitrogen and oxygen atoms in total. The summed E-state index contributed by atoms with van der Waals surface area (Å²) in [6, 6.07) is 0.632. The van der Waals surface area contributed by atoms with E-state index in [-0.39, 0.29) is 43.1 Å². The zero-order chi connectivity index (χ0) is 30.9. The van der Waals surface area contributed by atoms with Crippen LogP contribution in [0.2, 0.25) is 0 Å². The molecule has 0 fully saturated rings. The molecule has 0 unspecified atom stereocenters. The van der Waals surface area contributed by atoms with E-state index in [9.17, 15) is 17.6 Å². The van der Waals surface area contributed by atoms with Gasteiger partial charge in [0.05, 0.1) is 23.3 Å². The predicted octanol–water partition coefficient (Wildman–Crippen LogP) is 2.97. The van der Waals surface area contributed by atoms with Crippen molar-refractivity contribution in [3.05, 3.63) is 116 Å². The van der Waals surface area contributed by atoms with Crippen molar-refractivity contribution >= 4 is 28.0 Å². The molecule has 4 aromatic rings. The minimum atomic E-state index is -5.51. The van der Waals surface area contributed by atoms with Gasteiger partial charge in [-0.05, 0) is 74.2 Å². The molecule has 0 aromatic heterocycles. The van der Waals surface area contributed by atoms with Crippen LogP contribution in [0.5, 0.6) is 0 Å². The average molecular weight is 598 g/mol. The Bertz CT molecular complexity index is 1510. The van der Waals surface area contributed by atoms with Gasteiger partial charge in [-0.25, -0.2) is 52.7 Å². The van der Waals surface area contributed by atoms with Crippen LogP contribution in [0.15, 0.2) is 24.3 Å². The number of halogens is 12. The largest absolute Gasteiger partial charge is 1.00 e. The predicted molar refractivity (Wildman–Crippen MR) is 129 cm³/mol. The van der Waals surface area contributed by atoms with E-state index in [1.165, 1.54) is 0 Å². The first-order valence-electron chi connectivity index (χ1n) is 11.7. The topological polar surface area (TPSA) is 0 Å². The van der Waals surface area contributed by atoms with Crippen molar-refractivity contribution in [2.24, 2.45) is 0 Å². The number of hydrogen-bond acceptors (Lipinski definition) is 0. The van der Waals surface area contributed by atoms with Crippen molar-refractivity contribution in [1.82, 2.24) is 0 Å². The van der Waals surface area contributed by atoms with Crippen LogP contribution in [0.4, 0.5) is 52.7 Å². The zero-order valence-corrected chi connectivity index (χ0v) is 22.4. The Balaban J connectivity index is 0.00000484. The van der Waals surface area contributed by atoms with E-state index in [0.29, 0.717) is 0 Å². The van der Waals surface area contributed by atoms with Crippen molar-refractivity contribution in [3.8, 4) is 0 Å². The maximum atomic E-state index is 15.8. The molecule has 0 aliphatic rings. The smallest absolute Gasteiger partial charge is 0.210 e. The number of aryl methyl sites for hydroxylation is 4.